The van der Waals surface area contributed by atoms with E-state index >= 15 is 0 Å². The molecule has 0 amide bonds. The van der Waals surface area contributed by atoms with Gasteiger partial charge in [-0.1, -0.05) is 54.1 Å². The molecule has 2 aromatic carbocycles. The number of hydrogen-bond donors (Lipinski definition) is 0. The molecule has 2 heteroatoms. The van der Waals surface area contributed by atoms with Crippen molar-refractivity contribution >= 4 is 11.4 Å². The minimum absolute atomic E-state index is 0.0523. The van der Waals surface area contributed by atoms with Gasteiger partial charge in [0.25, 0.3) is 0 Å². The van der Waals surface area contributed by atoms with Gasteiger partial charge in [0.05, 0.1) is 0 Å². The molecule has 126 valence electrons. The molecule has 0 radical (unpaired) electrons. The van der Waals surface area contributed by atoms with Gasteiger partial charge in [-0.05, 0) is 72.8 Å². The van der Waals surface area contributed by atoms with Crippen molar-refractivity contribution in [3.8, 4) is 5.75 Å². The number of rotatable bonds is 2. The number of carbonyl (C=O) groups is 1. The minimum Gasteiger partial charge on any atom is -0.872 e. The molecule has 1 aliphatic rings. The lowest BCUT2D eigenvalue weighted by atomic mass is 9.83. The number of hydrogen-bond acceptors (Lipinski definition) is 2. The van der Waals surface area contributed by atoms with E-state index < -0.39 is 0 Å². The van der Waals surface area contributed by atoms with Gasteiger partial charge in [0.2, 0.25) is 0 Å². The molecule has 0 bridgehead atoms. The third-order valence-electron chi connectivity index (χ3n) is 5.08. The first-order valence-corrected chi connectivity index (χ1v) is 8.39. The van der Waals surface area contributed by atoms with Gasteiger partial charge >= 0.3 is 0 Å². The summed E-state index contributed by atoms with van der Waals surface area (Å²) in [4.78, 5) is 12.0. The Labute approximate surface area is 148 Å². The SMILES string of the molecule is CC1=C(C)C(=C(c2ccccc2)c2ccc([O-])c(C)c2C)C=CC1=O. The fraction of sp³-hybridized carbons (Fsp3) is 0.174. The van der Waals surface area contributed by atoms with Gasteiger partial charge in [0, 0.05) is 0 Å². The fourth-order valence-corrected chi connectivity index (χ4v) is 3.19. The zero-order valence-electron chi connectivity index (χ0n) is 15.0. The maximum Gasteiger partial charge on any atom is 0.181 e. The highest BCUT2D eigenvalue weighted by Crippen LogP contribution is 2.37. The summed E-state index contributed by atoms with van der Waals surface area (Å²) in [6.07, 6.45) is 3.53. The van der Waals surface area contributed by atoms with Crippen LogP contribution in [0.1, 0.15) is 36.1 Å². The van der Waals surface area contributed by atoms with E-state index in [2.05, 4.69) is 12.1 Å². The lowest BCUT2D eigenvalue weighted by Gasteiger charge is -2.23. The molecule has 2 nitrogen and oxygen atoms in total. The van der Waals surface area contributed by atoms with Crippen LogP contribution in [0.15, 0.2) is 71.3 Å². The molecule has 0 aliphatic heterocycles. The van der Waals surface area contributed by atoms with Gasteiger partial charge in [-0.25, -0.2) is 0 Å². The molecule has 0 fully saturated rings. The van der Waals surface area contributed by atoms with E-state index in [0.717, 1.165) is 44.5 Å². The smallest absolute Gasteiger partial charge is 0.181 e. The first-order valence-electron chi connectivity index (χ1n) is 8.39. The molecule has 0 unspecified atom stereocenters. The van der Waals surface area contributed by atoms with E-state index in [0.29, 0.717) is 0 Å². The highest BCUT2D eigenvalue weighted by Gasteiger charge is 2.20. The van der Waals surface area contributed by atoms with Crippen molar-refractivity contribution in [1.29, 1.82) is 0 Å². The van der Waals surface area contributed by atoms with Crippen LogP contribution in [0.25, 0.3) is 5.57 Å². The van der Waals surface area contributed by atoms with E-state index in [-0.39, 0.29) is 11.5 Å². The molecular formula is C23H21O2-. The summed E-state index contributed by atoms with van der Waals surface area (Å²) in [6, 6.07) is 13.6. The molecule has 0 N–H and O–H groups in total. The zero-order chi connectivity index (χ0) is 18.1. The van der Waals surface area contributed by atoms with Crippen LogP contribution < -0.4 is 5.11 Å². The lowest BCUT2D eigenvalue weighted by Crippen LogP contribution is -2.08. The Morgan fingerprint density at radius 1 is 0.800 bits per heavy atom. The Morgan fingerprint density at radius 2 is 1.48 bits per heavy atom. The molecule has 3 rings (SSSR count). The summed E-state index contributed by atoms with van der Waals surface area (Å²) in [5.74, 6) is 0.105. The highest BCUT2D eigenvalue weighted by atomic mass is 16.3. The molecule has 1 aliphatic carbocycles. The van der Waals surface area contributed by atoms with Gasteiger partial charge in [0.1, 0.15) is 0 Å². The zero-order valence-corrected chi connectivity index (χ0v) is 15.0. The van der Waals surface area contributed by atoms with E-state index in [1.54, 1.807) is 12.1 Å². The van der Waals surface area contributed by atoms with E-state index in [4.69, 9.17) is 0 Å². The summed E-state index contributed by atoms with van der Waals surface area (Å²) in [6.45, 7) is 7.70. The third kappa shape index (κ3) is 2.96. The Bertz CT molecular complexity index is 942. The molecule has 25 heavy (non-hydrogen) atoms. The second kappa shape index (κ2) is 6.56. The average Bonchev–Trinajstić information content (AvgIpc) is 2.62. The van der Waals surface area contributed by atoms with Crippen LogP contribution in [-0.2, 0) is 4.79 Å². The minimum atomic E-state index is 0.0523. The second-order valence-electron chi connectivity index (χ2n) is 6.46. The molecule has 0 saturated heterocycles. The van der Waals surface area contributed by atoms with Crippen LogP contribution in [-0.4, -0.2) is 5.78 Å². The van der Waals surface area contributed by atoms with E-state index in [1.165, 1.54) is 0 Å². The highest BCUT2D eigenvalue weighted by molar-refractivity contribution is 6.08. The Hall–Kier alpha value is -2.87. The summed E-state index contributed by atoms with van der Waals surface area (Å²) < 4.78 is 0. The molecular weight excluding hydrogens is 308 g/mol. The van der Waals surface area contributed by atoms with Gasteiger partial charge in [0.15, 0.2) is 5.78 Å². The van der Waals surface area contributed by atoms with Crippen LogP contribution in [0.4, 0.5) is 0 Å². The molecule has 0 saturated carbocycles. The Balaban J connectivity index is 2.38. The van der Waals surface area contributed by atoms with E-state index in [1.807, 2.05) is 58.0 Å². The maximum atomic E-state index is 12.0. The number of allylic oxidation sites excluding steroid dienone is 5. The molecule has 2 aromatic rings. The average molecular weight is 329 g/mol. The Morgan fingerprint density at radius 3 is 2.16 bits per heavy atom. The van der Waals surface area contributed by atoms with Crippen LogP contribution in [0, 0.1) is 13.8 Å². The number of benzene rings is 2. The van der Waals surface area contributed by atoms with Crippen molar-refractivity contribution < 1.29 is 9.90 Å². The van der Waals surface area contributed by atoms with Gasteiger partial charge in [-0.15, -0.1) is 5.75 Å². The number of ketones is 1. The molecule has 0 aromatic heterocycles. The van der Waals surface area contributed by atoms with Crippen molar-refractivity contribution in [2.75, 3.05) is 0 Å². The third-order valence-corrected chi connectivity index (χ3v) is 5.08. The largest absolute Gasteiger partial charge is 0.872 e. The van der Waals surface area contributed by atoms with Crippen molar-refractivity contribution in [1.82, 2.24) is 0 Å². The predicted octanol–water partition coefficient (Wildman–Crippen LogP) is 4.65. The van der Waals surface area contributed by atoms with Crippen molar-refractivity contribution in [3.63, 3.8) is 0 Å². The van der Waals surface area contributed by atoms with Crippen molar-refractivity contribution in [3.05, 3.63) is 93.6 Å². The van der Waals surface area contributed by atoms with Crippen LogP contribution in [0.2, 0.25) is 0 Å². The number of carbonyl (C=O) groups excluding carboxylic acids is 1. The quantitative estimate of drug-likeness (QED) is 0.804. The van der Waals surface area contributed by atoms with Gasteiger partial charge < -0.3 is 5.11 Å². The van der Waals surface area contributed by atoms with Crippen LogP contribution in [0.5, 0.6) is 5.75 Å². The van der Waals surface area contributed by atoms with Crippen molar-refractivity contribution in [2.45, 2.75) is 27.7 Å². The molecule has 0 heterocycles. The summed E-state index contributed by atoms with van der Waals surface area (Å²) in [5, 5.41) is 12.0. The molecule has 0 atom stereocenters. The van der Waals surface area contributed by atoms with Crippen LogP contribution in [0.3, 0.4) is 0 Å². The normalized spacial score (nSPS) is 16.4. The van der Waals surface area contributed by atoms with Crippen molar-refractivity contribution in [2.24, 2.45) is 0 Å². The van der Waals surface area contributed by atoms with Gasteiger partial charge in [-0.2, -0.15) is 0 Å². The maximum absolute atomic E-state index is 12.0. The standard InChI is InChI=1S/C23H22O2/c1-14-16(3)21(24)12-10-19(14)23(18-8-6-5-7-9-18)20-11-13-22(25)17(4)15(20)2/h5-13,24H,1-4H3/p-1. The first kappa shape index (κ1) is 17.0. The summed E-state index contributed by atoms with van der Waals surface area (Å²) in [5.41, 5.74) is 7.69. The van der Waals surface area contributed by atoms with Gasteiger partial charge in [-0.3, -0.25) is 4.79 Å². The fourth-order valence-electron chi connectivity index (χ4n) is 3.19. The Kier molecular flexibility index (Phi) is 4.45. The summed E-state index contributed by atoms with van der Waals surface area (Å²) >= 11 is 0. The molecule has 0 spiro atoms. The van der Waals surface area contributed by atoms with E-state index in [9.17, 15) is 9.90 Å². The lowest BCUT2D eigenvalue weighted by molar-refractivity contribution is -0.269. The second-order valence-corrected chi connectivity index (χ2v) is 6.46. The summed E-state index contributed by atoms with van der Waals surface area (Å²) in [7, 11) is 0. The topological polar surface area (TPSA) is 40.1 Å². The monoisotopic (exact) mass is 329 g/mol. The van der Waals surface area contributed by atoms with Crippen LogP contribution >= 0.6 is 0 Å². The first-order chi connectivity index (χ1) is 11.9. The predicted molar refractivity (Wildman–Crippen MR) is 100 cm³/mol.